The molecule has 5 rings (SSSR count). The van der Waals surface area contributed by atoms with Crippen LogP contribution in [0.15, 0.2) is 53.6 Å². The first-order valence-corrected chi connectivity index (χ1v) is 23.8. The van der Waals surface area contributed by atoms with E-state index in [0.717, 1.165) is 5.57 Å². The second kappa shape index (κ2) is 23.9. The van der Waals surface area contributed by atoms with Gasteiger partial charge in [0.15, 0.2) is 5.78 Å². The van der Waals surface area contributed by atoms with Crippen LogP contribution in [0.3, 0.4) is 0 Å². The number of allylic oxidation sites excluding steroid dienone is 3. The van der Waals surface area contributed by atoms with Gasteiger partial charge in [0.25, 0.3) is 11.7 Å². The molecule has 1 aromatic rings. The first-order chi connectivity index (χ1) is 30.9. The number of hydrogen-bond acceptors (Lipinski definition) is 13. The van der Waals surface area contributed by atoms with Crippen molar-refractivity contribution in [2.45, 2.75) is 167 Å². The number of amides is 1. The van der Waals surface area contributed by atoms with E-state index in [4.69, 9.17) is 28.4 Å². The zero-order chi connectivity index (χ0) is 47.6. The van der Waals surface area contributed by atoms with Crippen LogP contribution in [0.2, 0.25) is 0 Å². The molecule has 0 unspecified atom stereocenters. The number of ketones is 3. The molecular formula is C51H75NO13. The molecule has 1 amide bonds. The van der Waals surface area contributed by atoms with Gasteiger partial charge in [0.2, 0.25) is 5.79 Å². The van der Waals surface area contributed by atoms with Gasteiger partial charge in [-0.2, -0.15) is 0 Å². The molecule has 65 heavy (non-hydrogen) atoms. The predicted octanol–water partition coefficient (Wildman–Crippen LogP) is 6.38. The van der Waals surface area contributed by atoms with Crippen molar-refractivity contribution in [2.75, 3.05) is 34.5 Å². The van der Waals surface area contributed by atoms with Crippen LogP contribution in [0, 0.1) is 29.6 Å². The van der Waals surface area contributed by atoms with E-state index in [0.29, 0.717) is 62.5 Å². The number of carbonyl (C=O) groups excluding carboxylic acids is 5. The fourth-order valence-electron chi connectivity index (χ4n) is 10.5. The molecule has 1 aromatic carbocycles. The lowest BCUT2D eigenvalue weighted by Crippen LogP contribution is -2.64. The van der Waals surface area contributed by atoms with Crippen LogP contribution in [0.4, 0.5) is 0 Å². The van der Waals surface area contributed by atoms with Gasteiger partial charge in [-0.3, -0.25) is 19.2 Å². The van der Waals surface area contributed by atoms with Crippen molar-refractivity contribution in [1.82, 2.24) is 4.90 Å². The van der Waals surface area contributed by atoms with Gasteiger partial charge in [0.1, 0.15) is 30.6 Å². The molecule has 14 nitrogen and oxygen atoms in total. The normalized spacial score (nSPS) is 37.3. The smallest absolute Gasteiger partial charge is 0.329 e. The van der Waals surface area contributed by atoms with Crippen molar-refractivity contribution in [3.63, 3.8) is 0 Å². The number of carbonyl (C=O) groups is 5. The summed E-state index contributed by atoms with van der Waals surface area (Å²) in [6.45, 7) is 11.2. The van der Waals surface area contributed by atoms with Gasteiger partial charge >= 0.3 is 5.97 Å². The standard InChI is InChI=1S/C51H75NO13/c1-10-36-23-30(2)22-31(3)24-44(61-8)47-45(62-9)26-33(5)51(59,65-47)48(56)49(57)52-21-15-14-18-38(52)50(58)64-46(34(6)39(53)28-40(36)54)32(4)25-35-19-20-42(43(27-35)60-7)63-29-41(55)37-16-12-11-13-17-37/h11-13,16-17,23,25,31,33-36,38-39,42-47,53,59H,10,14-15,18-22,24,26-29H2,1-9H3/b30-23+,32-25+/t31-,33+,34+,35-,36+,38-,39-,42+,43+,44-,45-,46+,47+,51+/m0/s1. The van der Waals surface area contributed by atoms with Gasteiger partial charge in [-0.25, -0.2) is 4.79 Å². The summed E-state index contributed by atoms with van der Waals surface area (Å²) in [5, 5.41) is 23.9. The monoisotopic (exact) mass is 910 g/mol. The molecule has 0 aromatic heterocycles. The summed E-state index contributed by atoms with van der Waals surface area (Å²) in [5.74, 6) is -7.80. The highest BCUT2D eigenvalue weighted by atomic mass is 16.7. The number of fused-ring (bicyclic) bond motifs is 3. The quantitative estimate of drug-likeness (QED) is 0.114. The van der Waals surface area contributed by atoms with Crippen LogP contribution in [-0.4, -0.2) is 133 Å². The molecule has 362 valence electrons. The van der Waals surface area contributed by atoms with E-state index >= 15 is 0 Å². The van der Waals surface area contributed by atoms with E-state index in [1.807, 2.05) is 51.1 Å². The Labute approximate surface area is 385 Å². The minimum absolute atomic E-state index is 0.0211. The highest BCUT2D eigenvalue weighted by Gasteiger charge is 2.56. The number of rotatable bonds is 10. The highest BCUT2D eigenvalue weighted by molar-refractivity contribution is 6.39. The van der Waals surface area contributed by atoms with Gasteiger partial charge < -0.3 is 43.5 Å². The lowest BCUT2D eigenvalue weighted by Gasteiger charge is -2.47. The topological polar surface area (TPSA) is 184 Å². The second-order valence-electron chi connectivity index (χ2n) is 19.2. The Kier molecular flexibility index (Phi) is 19.2. The molecule has 3 fully saturated rings. The molecule has 14 heteroatoms. The summed E-state index contributed by atoms with van der Waals surface area (Å²) in [5.41, 5.74) is 2.21. The molecule has 3 aliphatic heterocycles. The van der Waals surface area contributed by atoms with Crippen LogP contribution in [-0.2, 0) is 47.6 Å². The van der Waals surface area contributed by atoms with Gasteiger partial charge in [0.05, 0.1) is 30.5 Å². The predicted molar refractivity (Wildman–Crippen MR) is 243 cm³/mol. The number of hydrogen-bond donors (Lipinski definition) is 2. The zero-order valence-electron chi connectivity index (χ0n) is 40.1. The largest absolute Gasteiger partial charge is 0.456 e. The van der Waals surface area contributed by atoms with Gasteiger partial charge in [0, 0.05) is 57.6 Å². The first-order valence-electron chi connectivity index (χ1n) is 23.8. The fourth-order valence-corrected chi connectivity index (χ4v) is 10.5. The molecule has 3 heterocycles. The van der Waals surface area contributed by atoms with Gasteiger partial charge in [-0.15, -0.1) is 0 Å². The Morgan fingerprint density at radius 2 is 1.57 bits per heavy atom. The highest BCUT2D eigenvalue weighted by Crippen LogP contribution is 2.39. The number of esters is 1. The summed E-state index contributed by atoms with van der Waals surface area (Å²) >= 11 is 0. The molecular weight excluding hydrogens is 835 g/mol. The van der Waals surface area contributed by atoms with Crippen molar-refractivity contribution in [3.8, 4) is 0 Å². The Balaban J connectivity index is 1.46. The molecule has 0 spiro atoms. The van der Waals surface area contributed by atoms with Crippen LogP contribution in [0.25, 0.3) is 0 Å². The number of piperidine rings is 1. The zero-order valence-corrected chi connectivity index (χ0v) is 40.1. The molecule has 2 N–H and O–H groups in total. The number of cyclic esters (lactones) is 1. The second-order valence-corrected chi connectivity index (χ2v) is 19.2. The maximum absolute atomic E-state index is 14.5. The van der Waals surface area contributed by atoms with Gasteiger partial charge in [-0.05, 0) is 95.5 Å². The third-order valence-electron chi connectivity index (χ3n) is 14.4. The van der Waals surface area contributed by atoms with E-state index in [1.165, 1.54) is 19.1 Å². The Hall–Kier alpha value is -3.63. The minimum Gasteiger partial charge on any atom is -0.456 e. The van der Waals surface area contributed by atoms with E-state index in [2.05, 4.69) is 6.92 Å². The number of Topliss-reactive ketones (excluding diaryl/α,β-unsaturated/α-hetero) is 3. The third kappa shape index (κ3) is 12.9. The Bertz CT molecular complexity index is 1850. The van der Waals surface area contributed by atoms with Crippen molar-refractivity contribution in [2.24, 2.45) is 29.6 Å². The summed E-state index contributed by atoms with van der Waals surface area (Å²) in [6, 6.07) is 7.83. The van der Waals surface area contributed by atoms with Crippen LogP contribution < -0.4 is 0 Å². The van der Waals surface area contributed by atoms with Crippen LogP contribution in [0.5, 0.6) is 0 Å². The first kappa shape index (κ1) is 52.3. The van der Waals surface area contributed by atoms with Gasteiger partial charge in [-0.1, -0.05) is 75.8 Å². The molecule has 0 radical (unpaired) electrons. The number of aliphatic hydroxyl groups is 2. The van der Waals surface area contributed by atoms with Crippen molar-refractivity contribution < 1.29 is 62.6 Å². The lowest BCUT2D eigenvalue weighted by atomic mass is 9.81. The Morgan fingerprint density at radius 1 is 0.892 bits per heavy atom. The van der Waals surface area contributed by atoms with Crippen LogP contribution in [0.1, 0.15) is 123 Å². The summed E-state index contributed by atoms with van der Waals surface area (Å²) in [4.78, 5) is 71.1. The number of nitrogens with zero attached hydrogens (tertiary/aromatic N) is 1. The van der Waals surface area contributed by atoms with Crippen molar-refractivity contribution in [3.05, 3.63) is 59.2 Å². The number of benzene rings is 1. The number of methoxy groups -OCH3 is 3. The average molecular weight is 910 g/mol. The molecule has 4 aliphatic rings. The van der Waals surface area contributed by atoms with E-state index < -0.39 is 77.8 Å². The third-order valence-corrected chi connectivity index (χ3v) is 14.4. The van der Waals surface area contributed by atoms with Crippen LogP contribution >= 0.6 is 0 Å². The molecule has 1 aliphatic carbocycles. The number of aliphatic hydroxyl groups excluding tert-OH is 1. The fraction of sp³-hybridized carbons (Fsp3) is 0.706. The summed E-state index contributed by atoms with van der Waals surface area (Å²) in [6.07, 6.45) is 3.90. The number of ether oxygens (including phenoxy) is 6. The maximum atomic E-state index is 14.5. The van der Waals surface area contributed by atoms with Crippen molar-refractivity contribution >= 4 is 29.2 Å². The van der Waals surface area contributed by atoms with E-state index in [9.17, 15) is 34.2 Å². The molecule has 14 atom stereocenters. The lowest BCUT2D eigenvalue weighted by molar-refractivity contribution is -0.302. The molecule has 1 saturated carbocycles. The van der Waals surface area contributed by atoms with Crippen molar-refractivity contribution in [1.29, 1.82) is 0 Å². The molecule has 2 saturated heterocycles. The SMILES string of the molecule is CC[C@@H]1/C=C(\C)C[C@H](C)C[C@H](OC)[C@H]2O[C@@](O)(C(=O)C(=O)N3CCCC[C@H]3C(=O)O[C@H](/C(C)=C/[C@@H]3CC[C@@H](OCC(=O)c4ccccc4)[C@H](OC)C3)[C@H](C)[C@@H](O)CC1=O)[C@H](C)C[C@@H]2OC. The van der Waals surface area contributed by atoms with E-state index in [-0.39, 0.29) is 68.0 Å². The summed E-state index contributed by atoms with van der Waals surface area (Å²) in [7, 11) is 4.67. The Morgan fingerprint density at radius 3 is 2.23 bits per heavy atom. The maximum Gasteiger partial charge on any atom is 0.329 e. The van der Waals surface area contributed by atoms with E-state index in [1.54, 1.807) is 33.1 Å². The molecule has 2 bridgehead atoms. The minimum atomic E-state index is -2.52. The average Bonchev–Trinajstić information content (AvgIpc) is 3.30. The summed E-state index contributed by atoms with van der Waals surface area (Å²) < 4.78 is 36.4.